The van der Waals surface area contributed by atoms with Gasteiger partial charge in [0.15, 0.2) is 0 Å². The normalized spacial score (nSPS) is 22.9. The molecule has 0 bridgehead atoms. The molecule has 0 radical (unpaired) electrons. The van der Waals surface area contributed by atoms with Crippen molar-refractivity contribution in [2.24, 2.45) is 5.92 Å². The van der Waals surface area contributed by atoms with Gasteiger partial charge in [-0.1, -0.05) is 44.2 Å². The van der Waals surface area contributed by atoms with E-state index < -0.39 is 6.10 Å². The number of likely N-dealkylation sites (N-methyl/N-ethyl adjacent to an activating group) is 1. The van der Waals surface area contributed by atoms with Crippen LogP contribution in [0.25, 0.3) is 0 Å². The summed E-state index contributed by atoms with van der Waals surface area (Å²) in [4.78, 5) is 4.80. The molecule has 1 heterocycles. The maximum Gasteiger partial charge on any atom is 0.0947 e. The molecule has 1 aliphatic rings. The van der Waals surface area contributed by atoms with E-state index in [0.717, 1.165) is 18.7 Å². The van der Waals surface area contributed by atoms with E-state index in [9.17, 15) is 5.11 Å². The monoisotopic (exact) mass is 290 g/mol. The van der Waals surface area contributed by atoms with Gasteiger partial charge in [0.2, 0.25) is 0 Å². The maximum atomic E-state index is 10.9. The van der Waals surface area contributed by atoms with Gasteiger partial charge in [0.25, 0.3) is 0 Å². The molecule has 1 saturated heterocycles. The molecule has 0 aliphatic carbocycles. The summed E-state index contributed by atoms with van der Waals surface area (Å²) in [5.74, 6) is 0.433. The molecule has 1 N–H and O–H groups in total. The van der Waals surface area contributed by atoms with E-state index in [-0.39, 0.29) is 6.04 Å². The van der Waals surface area contributed by atoms with Gasteiger partial charge in [0.1, 0.15) is 0 Å². The van der Waals surface area contributed by atoms with Crippen LogP contribution < -0.4 is 0 Å². The highest BCUT2D eigenvalue weighted by atomic mass is 16.3. The number of hydrogen-bond acceptors (Lipinski definition) is 3. The Kier molecular flexibility index (Phi) is 5.80. The zero-order valence-electron chi connectivity index (χ0n) is 13.9. The van der Waals surface area contributed by atoms with Crippen molar-refractivity contribution in [3.05, 3.63) is 35.9 Å². The molecule has 1 aromatic rings. The highest BCUT2D eigenvalue weighted by Crippen LogP contribution is 2.32. The Labute approximate surface area is 129 Å². The number of aliphatic hydroxyl groups is 1. The molecule has 1 fully saturated rings. The topological polar surface area (TPSA) is 26.7 Å². The molecular formula is C18H30N2O. The number of rotatable bonds is 6. The Hall–Kier alpha value is -0.900. The first-order valence-electron chi connectivity index (χ1n) is 8.14. The highest BCUT2D eigenvalue weighted by Gasteiger charge is 2.36. The molecule has 2 rings (SSSR count). The Morgan fingerprint density at radius 1 is 1.24 bits per heavy atom. The molecule has 3 atom stereocenters. The van der Waals surface area contributed by atoms with Crippen molar-refractivity contribution < 1.29 is 5.11 Å². The van der Waals surface area contributed by atoms with Gasteiger partial charge in [-0.25, -0.2) is 0 Å². The number of hydrogen-bond donors (Lipinski definition) is 1. The predicted molar refractivity (Wildman–Crippen MR) is 88.3 cm³/mol. The van der Waals surface area contributed by atoms with E-state index in [4.69, 9.17) is 0 Å². The zero-order valence-corrected chi connectivity index (χ0v) is 13.9. The van der Waals surface area contributed by atoms with E-state index in [0.29, 0.717) is 12.0 Å². The minimum Gasteiger partial charge on any atom is -0.387 e. The standard InChI is InChI=1S/C18H30N2O/c1-14(2)17(18(21)15-9-6-5-7-10-15)20-12-8-11-16(20)13-19(3)4/h5-7,9-10,14,16-18,21H,8,11-13H2,1-4H3. The molecule has 21 heavy (non-hydrogen) atoms. The summed E-state index contributed by atoms with van der Waals surface area (Å²) >= 11 is 0. The Balaban J connectivity index is 2.18. The molecule has 1 aromatic carbocycles. The number of aliphatic hydroxyl groups excluding tert-OH is 1. The van der Waals surface area contributed by atoms with Gasteiger partial charge in [-0.2, -0.15) is 0 Å². The van der Waals surface area contributed by atoms with Crippen molar-refractivity contribution in [2.75, 3.05) is 27.2 Å². The van der Waals surface area contributed by atoms with E-state index in [1.54, 1.807) is 0 Å². The third-order valence-corrected chi connectivity index (χ3v) is 4.53. The summed E-state index contributed by atoms with van der Waals surface area (Å²) in [6.07, 6.45) is 2.07. The van der Waals surface area contributed by atoms with Gasteiger partial charge in [0, 0.05) is 18.6 Å². The van der Waals surface area contributed by atoms with Crippen molar-refractivity contribution in [2.45, 2.75) is 44.9 Å². The molecule has 118 valence electrons. The summed E-state index contributed by atoms with van der Waals surface area (Å²) < 4.78 is 0. The van der Waals surface area contributed by atoms with Crippen molar-refractivity contribution in [3.63, 3.8) is 0 Å². The predicted octanol–water partition coefficient (Wildman–Crippen LogP) is 2.77. The minimum atomic E-state index is -0.408. The van der Waals surface area contributed by atoms with Gasteiger partial charge in [0.05, 0.1) is 6.10 Å². The quantitative estimate of drug-likeness (QED) is 0.873. The molecule has 0 spiro atoms. The largest absolute Gasteiger partial charge is 0.387 e. The Bertz CT molecular complexity index is 418. The molecule has 0 saturated carbocycles. The lowest BCUT2D eigenvalue weighted by Crippen LogP contribution is -2.48. The lowest BCUT2D eigenvalue weighted by Gasteiger charge is -2.39. The molecule has 1 aliphatic heterocycles. The first kappa shape index (κ1) is 16.5. The second-order valence-corrected chi connectivity index (χ2v) is 6.89. The Morgan fingerprint density at radius 3 is 2.48 bits per heavy atom. The highest BCUT2D eigenvalue weighted by molar-refractivity contribution is 5.19. The van der Waals surface area contributed by atoms with Crippen LogP contribution in [0.4, 0.5) is 0 Å². The van der Waals surface area contributed by atoms with Gasteiger partial charge >= 0.3 is 0 Å². The third kappa shape index (κ3) is 4.06. The van der Waals surface area contributed by atoms with Gasteiger partial charge in [-0.15, -0.1) is 0 Å². The summed E-state index contributed by atoms with van der Waals surface area (Å²) in [5, 5.41) is 10.9. The van der Waals surface area contributed by atoms with Crippen LogP contribution in [0.2, 0.25) is 0 Å². The molecule has 3 unspecified atom stereocenters. The van der Waals surface area contributed by atoms with E-state index in [1.165, 1.54) is 12.8 Å². The lowest BCUT2D eigenvalue weighted by molar-refractivity contribution is 0.0106. The molecule has 0 aromatic heterocycles. The first-order chi connectivity index (χ1) is 10.0. The third-order valence-electron chi connectivity index (χ3n) is 4.53. The van der Waals surface area contributed by atoms with Crippen molar-refractivity contribution >= 4 is 0 Å². The van der Waals surface area contributed by atoms with Gasteiger partial charge < -0.3 is 10.0 Å². The van der Waals surface area contributed by atoms with Crippen LogP contribution in [-0.4, -0.2) is 54.2 Å². The van der Waals surface area contributed by atoms with Crippen LogP contribution >= 0.6 is 0 Å². The van der Waals surface area contributed by atoms with Crippen molar-refractivity contribution in [1.82, 2.24) is 9.80 Å². The van der Waals surface area contributed by atoms with Crippen molar-refractivity contribution in [1.29, 1.82) is 0 Å². The van der Waals surface area contributed by atoms with Crippen molar-refractivity contribution in [3.8, 4) is 0 Å². The Morgan fingerprint density at radius 2 is 1.90 bits per heavy atom. The van der Waals surface area contributed by atoms with Crippen LogP contribution in [0.1, 0.15) is 38.4 Å². The average molecular weight is 290 g/mol. The molecule has 3 heteroatoms. The summed E-state index contributed by atoms with van der Waals surface area (Å²) in [6, 6.07) is 10.9. The van der Waals surface area contributed by atoms with Crippen LogP contribution in [0.3, 0.4) is 0 Å². The van der Waals surface area contributed by atoms with E-state index >= 15 is 0 Å². The van der Waals surface area contributed by atoms with Gasteiger partial charge in [-0.05, 0) is 45.0 Å². The molecular weight excluding hydrogens is 260 g/mol. The van der Waals surface area contributed by atoms with Crippen LogP contribution in [-0.2, 0) is 0 Å². The van der Waals surface area contributed by atoms with Gasteiger partial charge in [-0.3, -0.25) is 4.90 Å². The van der Waals surface area contributed by atoms with E-state index in [2.05, 4.69) is 37.7 Å². The summed E-state index contributed by atoms with van der Waals surface area (Å²) in [7, 11) is 4.27. The van der Waals surface area contributed by atoms with E-state index in [1.807, 2.05) is 30.3 Å². The lowest BCUT2D eigenvalue weighted by atomic mass is 9.91. The number of benzene rings is 1. The smallest absolute Gasteiger partial charge is 0.0947 e. The average Bonchev–Trinajstić information content (AvgIpc) is 2.86. The van der Waals surface area contributed by atoms with Crippen LogP contribution in [0.15, 0.2) is 30.3 Å². The molecule has 3 nitrogen and oxygen atoms in total. The fourth-order valence-electron chi connectivity index (χ4n) is 3.64. The van der Waals surface area contributed by atoms with Crippen LogP contribution in [0, 0.1) is 5.92 Å². The summed E-state index contributed by atoms with van der Waals surface area (Å²) in [6.45, 7) is 6.62. The second-order valence-electron chi connectivity index (χ2n) is 6.89. The number of nitrogens with zero attached hydrogens (tertiary/aromatic N) is 2. The summed E-state index contributed by atoms with van der Waals surface area (Å²) in [5.41, 5.74) is 1.03. The fourth-order valence-corrected chi connectivity index (χ4v) is 3.64. The van der Waals surface area contributed by atoms with Crippen LogP contribution in [0.5, 0.6) is 0 Å². The minimum absolute atomic E-state index is 0.194. The zero-order chi connectivity index (χ0) is 15.4. The first-order valence-corrected chi connectivity index (χ1v) is 8.14. The molecule has 0 amide bonds. The second kappa shape index (κ2) is 7.39. The maximum absolute atomic E-state index is 10.9. The number of likely N-dealkylation sites (tertiary alicyclic amines) is 1. The SMILES string of the molecule is CC(C)C(C(O)c1ccccc1)N1CCCC1CN(C)C. The fraction of sp³-hybridized carbons (Fsp3) is 0.667.